The van der Waals surface area contributed by atoms with Crippen molar-refractivity contribution >= 4 is 0 Å². The zero-order valence-corrected chi connectivity index (χ0v) is 18.5. The van der Waals surface area contributed by atoms with E-state index in [1.807, 2.05) is 32.9 Å². The van der Waals surface area contributed by atoms with E-state index in [2.05, 4.69) is 13.8 Å². The SMILES string of the molecule is CCC(C)c1cc(CO)c(O)c(COOCc2cc(C(C)(C)C)cc(CO)c2O)c1. The molecule has 6 nitrogen and oxygen atoms in total. The maximum Gasteiger partial charge on any atom is 0.126 e. The van der Waals surface area contributed by atoms with Gasteiger partial charge in [-0.1, -0.05) is 34.6 Å². The number of hydrogen-bond acceptors (Lipinski definition) is 6. The smallest absolute Gasteiger partial charge is 0.126 e. The molecule has 2 aromatic carbocycles. The van der Waals surface area contributed by atoms with Crippen LogP contribution < -0.4 is 0 Å². The number of hydrogen-bond donors (Lipinski definition) is 4. The van der Waals surface area contributed by atoms with E-state index in [-0.39, 0.29) is 49.3 Å². The molecule has 0 radical (unpaired) electrons. The fourth-order valence-corrected chi connectivity index (χ4v) is 3.17. The van der Waals surface area contributed by atoms with Gasteiger partial charge in [-0.2, -0.15) is 0 Å². The summed E-state index contributed by atoms with van der Waals surface area (Å²) in [5, 5.41) is 39.8. The van der Waals surface area contributed by atoms with Gasteiger partial charge in [0.25, 0.3) is 0 Å². The molecule has 0 aliphatic rings. The second kappa shape index (κ2) is 10.3. The Morgan fingerprint density at radius 3 is 1.70 bits per heavy atom. The Kier molecular flexibility index (Phi) is 8.26. The summed E-state index contributed by atoms with van der Waals surface area (Å²) in [6.07, 6.45) is 0.934. The van der Waals surface area contributed by atoms with Crippen LogP contribution in [0.5, 0.6) is 11.5 Å². The number of rotatable bonds is 9. The van der Waals surface area contributed by atoms with Crippen molar-refractivity contribution in [3.8, 4) is 11.5 Å². The monoisotopic (exact) mass is 418 g/mol. The first-order valence-corrected chi connectivity index (χ1v) is 10.3. The highest BCUT2D eigenvalue weighted by molar-refractivity contribution is 5.45. The molecule has 0 spiro atoms. The van der Waals surface area contributed by atoms with Crippen molar-refractivity contribution < 1.29 is 30.2 Å². The van der Waals surface area contributed by atoms with E-state index in [1.165, 1.54) is 0 Å². The molecule has 30 heavy (non-hydrogen) atoms. The molecule has 0 aromatic heterocycles. The molecule has 0 fully saturated rings. The third kappa shape index (κ3) is 5.73. The van der Waals surface area contributed by atoms with E-state index >= 15 is 0 Å². The lowest BCUT2D eigenvalue weighted by molar-refractivity contribution is -0.313. The van der Waals surface area contributed by atoms with Gasteiger partial charge in [0.2, 0.25) is 0 Å². The van der Waals surface area contributed by atoms with Crippen LogP contribution in [0, 0.1) is 0 Å². The summed E-state index contributed by atoms with van der Waals surface area (Å²) < 4.78 is 0. The van der Waals surface area contributed by atoms with Crippen molar-refractivity contribution in [3.05, 3.63) is 57.6 Å². The van der Waals surface area contributed by atoms with E-state index in [0.717, 1.165) is 17.5 Å². The Bertz CT molecular complexity index is 854. The number of aromatic hydroxyl groups is 2. The Hall–Kier alpha value is -2.12. The summed E-state index contributed by atoms with van der Waals surface area (Å²) >= 11 is 0. The average Bonchev–Trinajstić information content (AvgIpc) is 2.71. The molecule has 0 aliphatic carbocycles. The Morgan fingerprint density at radius 2 is 1.23 bits per heavy atom. The highest BCUT2D eigenvalue weighted by Crippen LogP contribution is 2.33. The standard InChI is InChI=1S/C24H34O6/c1-6-15(2)16-7-17(11-25)22(27)19(8-16)13-29-30-14-20-10-21(24(3,4)5)9-18(12-26)23(20)28/h7-10,15,25-28H,6,11-14H2,1-5H3. The van der Waals surface area contributed by atoms with Gasteiger partial charge in [0.15, 0.2) is 0 Å². The third-order valence-electron chi connectivity index (χ3n) is 5.46. The molecule has 0 saturated heterocycles. The lowest BCUT2D eigenvalue weighted by atomic mass is 9.85. The molecule has 0 heterocycles. The fourth-order valence-electron chi connectivity index (χ4n) is 3.17. The van der Waals surface area contributed by atoms with E-state index in [0.29, 0.717) is 22.3 Å². The highest BCUT2D eigenvalue weighted by atomic mass is 17.2. The number of aliphatic hydroxyl groups excluding tert-OH is 2. The molecule has 6 heteroatoms. The summed E-state index contributed by atoms with van der Waals surface area (Å²) in [6.45, 7) is 9.75. The zero-order chi connectivity index (χ0) is 22.5. The van der Waals surface area contributed by atoms with Crippen molar-refractivity contribution in [3.63, 3.8) is 0 Å². The number of benzene rings is 2. The van der Waals surface area contributed by atoms with Crippen LogP contribution in [0.1, 0.15) is 80.3 Å². The van der Waals surface area contributed by atoms with Gasteiger partial charge in [-0.25, -0.2) is 9.78 Å². The summed E-state index contributed by atoms with van der Waals surface area (Å²) in [4.78, 5) is 10.6. The summed E-state index contributed by atoms with van der Waals surface area (Å²) in [5.74, 6) is 0.260. The van der Waals surface area contributed by atoms with Crippen LogP contribution in [0.4, 0.5) is 0 Å². The molecule has 1 atom stereocenters. The molecule has 0 bridgehead atoms. The second-order valence-corrected chi connectivity index (χ2v) is 8.73. The molecule has 4 N–H and O–H groups in total. The molecular formula is C24H34O6. The van der Waals surface area contributed by atoms with E-state index in [4.69, 9.17) is 9.78 Å². The van der Waals surface area contributed by atoms with Crippen molar-refractivity contribution in [2.75, 3.05) is 0 Å². The fraction of sp³-hybridized carbons (Fsp3) is 0.500. The van der Waals surface area contributed by atoms with Gasteiger partial charge in [-0.3, -0.25) is 0 Å². The van der Waals surface area contributed by atoms with E-state index < -0.39 is 0 Å². The minimum atomic E-state index is -0.274. The second-order valence-electron chi connectivity index (χ2n) is 8.73. The molecule has 0 aliphatic heterocycles. The Labute approximate surface area is 178 Å². The van der Waals surface area contributed by atoms with Gasteiger partial charge >= 0.3 is 0 Å². The zero-order valence-electron chi connectivity index (χ0n) is 18.5. The molecule has 1 unspecified atom stereocenters. The predicted molar refractivity (Wildman–Crippen MR) is 115 cm³/mol. The predicted octanol–water partition coefficient (Wildman–Crippen LogP) is 4.54. The topological polar surface area (TPSA) is 99.4 Å². The molecule has 2 rings (SSSR count). The first-order chi connectivity index (χ1) is 14.1. The van der Waals surface area contributed by atoms with Crippen LogP contribution in [-0.4, -0.2) is 20.4 Å². The van der Waals surface area contributed by atoms with Crippen LogP contribution in [0.25, 0.3) is 0 Å². The van der Waals surface area contributed by atoms with Gasteiger partial charge in [0, 0.05) is 22.3 Å². The quantitative estimate of drug-likeness (QED) is 0.271. The molecule has 0 amide bonds. The van der Waals surface area contributed by atoms with Gasteiger partial charge in [-0.15, -0.1) is 0 Å². The first kappa shape index (κ1) is 24.2. The van der Waals surface area contributed by atoms with Crippen LogP contribution in [0.15, 0.2) is 24.3 Å². The Balaban J connectivity index is 2.13. The van der Waals surface area contributed by atoms with E-state index in [1.54, 1.807) is 12.1 Å². The van der Waals surface area contributed by atoms with Gasteiger partial charge < -0.3 is 20.4 Å². The Morgan fingerprint density at radius 1 is 0.800 bits per heavy atom. The van der Waals surface area contributed by atoms with Crippen LogP contribution >= 0.6 is 0 Å². The molecule has 0 saturated carbocycles. The minimum absolute atomic E-state index is 0.00428. The first-order valence-electron chi connectivity index (χ1n) is 10.3. The molecular weight excluding hydrogens is 384 g/mol. The summed E-state index contributed by atoms with van der Waals surface area (Å²) in [5.41, 5.74) is 3.76. The normalized spacial score (nSPS) is 12.9. The third-order valence-corrected chi connectivity index (χ3v) is 5.46. The van der Waals surface area contributed by atoms with Gasteiger partial charge in [0.1, 0.15) is 24.7 Å². The summed E-state index contributed by atoms with van der Waals surface area (Å²) in [7, 11) is 0. The maximum atomic E-state index is 10.4. The molecule has 2 aromatic rings. The van der Waals surface area contributed by atoms with Crippen molar-refractivity contribution in [1.82, 2.24) is 0 Å². The van der Waals surface area contributed by atoms with Crippen molar-refractivity contribution in [2.24, 2.45) is 0 Å². The van der Waals surface area contributed by atoms with Crippen LogP contribution in [0.3, 0.4) is 0 Å². The van der Waals surface area contributed by atoms with Crippen molar-refractivity contribution in [1.29, 1.82) is 0 Å². The van der Waals surface area contributed by atoms with E-state index in [9.17, 15) is 20.4 Å². The number of phenols is 2. The molecule has 166 valence electrons. The van der Waals surface area contributed by atoms with Gasteiger partial charge in [-0.05, 0) is 53.1 Å². The minimum Gasteiger partial charge on any atom is -0.507 e. The van der Waals surface area contributed by atoms with Gasteiger partial charge in [0.05, 0.1) is 13.2 Å². The number of aliphatic hydroxyl groups is 2. The average molecular weight is 419 g/mol. The van der Waals surface area contributed by atoms with Crippen molar-refractivity contribution in [2.45, 2.75) is 78.8 Å². The lowest BCUT2D eigenvalue weighted by Gasteiger charge is -2.22. The van der Waals surface area contributed by atoms with Crippen LogP contribution in [-0.2, 0) is 41.6 Å². The maximum absolute atomic E-state index is 10.4. The highest BCUT2D eigenvalue weighted by Gasteiger charge is 2.19. The summed E-state index contributed by atoms with van der Waals surface area (Å²) in [6, 6.07) is 7.28. The lowest BCUT2D eigenvalue weighted by Crippen LogP contribution is -2.13. The van der Waals surface area contributed by atoms with Crippen LogP contribution in [0.2, 0.25) is 0 Å². The largest absolute Gasteiger partial charge is 0.507 e.